The van der Waals surface area contributed by atoms with Gasteiger partial charge in [-0.05, 0) is 55.4 Å². The van der Waals surface area contributed by atoms with Gasteiger partial charge in [-0.1, -0.05) is 48.5 Å². The van der Waals surface area contributed by atoms with Crippen LogP contribution in [-0.4, -0.2) is 42.9 Å². The highest BCUT2D eigenvalue weighted by atomic mass is 35.5. The number of hydrogen-bond acceptors (Lipinski definition) is 4. The van der Waals surface area contributed by atoms with Gasteiger partial charge in [0.2, 0.25) is 15.9 Å². The highest BCUT2D eigenvalue weighted by Crippen LogP contribution is 2.36. The Morgan fingerprint density at radius 3 is 2.53 bits per heavy atom. The van der Waals surface area contributed by atoms with Gasteiger partial charge < -0.3 is 9.47 Å². The Hall–Kier alpha value is -2.05. The summed E-state index contributed by atoms with van der Waals surface area (Å²) < 4.78 is 30.8. The largest absolute Gasteiger partial charge is 0.341 e. The molecule has 1 aliphatic heterocycles. The molecule has 1 amide bonds. The molecule has 2 aromatic rings. The summed E-state index contributed by atoms with van der Waals surface area (Å²) in [5, 5.41) is 9.29. The van der Waals surface area contributed by atoms with Crippen LogP contribution in [0.4, 0.5) is 0 Å². The molecule has 1 aromatic heterocycles. The molecule has 7 nitrogen and oxygen atoms in total. The normalized spacial score (nSPS) is 21.5. The summed E-state index contributed by atoms with van der Waals surface area (Å²) in [4.78, 5) is 15.2. The molecule has 4 rings (SSSR count). The molecular weight excluding hydrogens is 495 g/mol. The Morgan fingerprint density at radius 2 is 1.82 bits per heavy atom. The van der Waals surface area contributed by atoms with Crippen molar-refractivity contribution in [2.75, 3.05) is 13.1 Å². The van der Waals surface area contributed by atoms with E-state index in [0.717, 1.165) is 12.8 Å². The molecule has 1 aliphatic carbocycles. The number of sulfonamides is 1. The Kier molecular flexibility index (Phi) is 7.88. The predicted molar refractivity (Wildman–Crippen MR) is 131 cm³/mol. The average Bonchev–Trinajstić information content (AvgIpc) is 3.28. The van der Waals surface area contributed by atoms with Crippen molar-refractivity contribution in [1.29, 1.82) is 5.26 Å². The number of nitriles is 1. The molecule has 0 radical (unpaired) electrons. The molecule has 3 atom stereocenters. The van der Waals surface area contributed by atoms with Crippen molar-refractivity contribution in [1.82, 2.24) is 14.2 Å². The van der Waals surface area contributed by atoms with Gasteiger partial charge in [0, 0.05) is 25.8 Å². The highest BCUT2D eigenvalue weighted by molar-refractivity contribution is 7.89. The third-order valence-electron chi connectivity index (χ3n) is 6.99. The maximum atomic E-state index is 13.6. The summed E-state index contributed by atoms with van der Waals surface area (Å²) in [5.41, 5.74) is 0.450. The van der Waals surface area contributed by atoms with Crippen LogP contribution in [0.1, 0.15) is 44.2 Å². The molecule has 0 bridgehead atoms. The van der Waals surface area contributed by atoms with E-state index in [2.05, 4.69) is 10.8 Å². The first kappa shape index (κ1) is 25.1. The van der Waals surface area contributed by atoms with Gasteiger partial charge in [-0.25, -0.2) is 8.42 Å². The fourth-order valence-electron chi connectivity index (χ4n) is 5.22. The van der Waals surface area contributed by atoms with Crippen LogP contribution in [0.2, 0.25) is 10.0 Å². The van der Waals surface area contributed by atoms with E-state index in [1.807, 2.05) is 0 Å². The fourth-order valence-corrected chi connectivity index (χ4v) is 7.59. The van der Waals surface area contributed by atoms with Crippen molar-refractivity contribution in [2.45, 2.75) is 56.0 Å². The first-order valence-corrected chi connectivity index (χ1v) is 13.8. The molecule has 1 unspecified atom stereocenters. The van der Waals surface area contributed by atoms with Crippen LogP contribution in [0.5, 0.6) is 0 Å². The maximum absolute atomic E-state index is 13.6. The summed E-state index contributed by atoms with van der Waals surface area (Å²) in [6.07, 6.45) is 7.61. The topological polar surface area (TPSA) is 95.2 Å². The Balaban J connectivity index is 1.57. The molecule has 34 heavy (non-hydrogen) atoms. The molecule has 1 saturated carbocycles. The molecule has 2 heterocycles. The summed E-state index contributed by atoms with van der Waals surface area (Å²) in [6, 6.07) is 8.99. The van der Waals surface area contributed by atoms with Gasteiger partial charge >= 0.3 is 0 Å². The van der Waals surface area contributed by atoms with E-state index in [9.17, 15) is 18.5 Å². The van der Waals surface area contributed by atoms with Crippen LogP contribution >= 0.6 is 23.2 Å². The smallest absolute Gasteiger partial charge is 0.244 e. The monoisotopic (exact) mass is 522 g/mol. The number of halogens is 2. The quantitative estimate of drug-likeness (QED) is 0.581. The summed E-state index contributed by atoms with van der Waals surface area (Å²) in [6.45, 7) is 1.59. The summed E-state index contributed by atoms with van der Waals surface area (Å²) in [7, 11) is -4.17. The van der Waals surface area contributed by atoms with E-state index in [4.69, 9.17) is 23.2 Å². The zero-order chi connectivity index (χ0) is 24.3. The lowest BCUT2D eigenvalue weighted by Gasteiger charge is -2.42. The minimum atomic E-state index is -4.17. The Morgan fingerprint density at radius 1 is 1.12 bits per heavy atom. The van der Waals surface area contributed by atoms with Crippen molar-refractivity contribution < 1.29 is 13.2 Å². The number of likely N-dealkylation sites (tertiary alicyclic amines) is 1. The van der Waals surface area contributed by atoms with Gasteiger partial charge in [0.25, 0.3) is 0 Å². The van der Waals surface area contributed by atoms with E-state index in [0.29, 0.717) is 37.2 Å². The van der Waals surface area contributed by atoms with Crippen molar-refractivity contribution in [2.24, 2.45) is 11.8 Å². The predicted octanol–water partition coefficient (Wildman–Crippen LogP) is 4.44. The number of piperidine rings is 1. The van der Waals surface area contributed by atoms with Gasteiger partial charge in [0.1, 0.15) is 22.7 Å². The number of nitrogens with one attached hydrogen (secondary N) is 1. The SMILES string of the molecule is N#Cc1cccn1CCC(NS(=O)(=O)c1c(Cl)cccc1Cl)C(=O)N1CC[C@H]2CCCC[C@@H]2C1. The van der Waals surface area contributed by atoms with Gasteiger partial charge in [0.05, 0.1) is 10.0 Å². The van der Waals surface area contributed by atoms with Gasteiger partial charge in [-0.2, -0.15) is 9.98 Å². The Labute approximate surface area is 210 Å². The van der Waals surface area contributed by atoms with Crippen LogP contribution in [0.3, 0.4) is 0 Å². The number of fused-ring (bicyclic) bond motifs is 1. The van der Waals surface area contributed by atoms with Crippen molar-refractivity contribution in [3.63, 3.8) is 0 Å². The van der Waals surface area contributed by atoms with E-state index < -0.39 is 16.1 Å². The van der Waals surface area contributed by atoms with Crippen LogP contribution < -0.4 is 4.72 Å². The number of carbonyl (C=O) groups is 1. The molecule has 10 heteroatoms. The van der Waals surface area contributed by atoms with Crippen LogP contribution in [0, 0.1) is 23.2 Å². The van der Waals surface area contributed by atoms with Gasteiger partial charge in [-0.3, -0.25) is 4.79 Å². The Bertz CT molecular complexity index is 1170. The van der Waals surface area contributed by atoms with Crippen molar-refractivity contribution >= 4 is 39.1 Å². The minimum Gasteiger partial charge on any atom is -0.341 e. The molecule has 182 valence electrons. The highest BCUT2D eigenvalue weighted by Gasteiger charge is 2.37. The third-order valence-corrected chi connectivity index (χ3v) is 9.41. The number of amides is 1. The second-order valence-electron chi connectivity index (χ2n) is 9.09. The molecule has 1 saturated heterocycles. The second kappa shape index (κ2) is 10.7. The second-order valence-corrected chi connectivity index (χ2v) is 11.6. The number of benzene rings is 1. The van der Waals surface area contributed by atoms with Crippen molar-refractivity contribution in [3.8, 4) is 6.07 Å². The maximum Gasteiger partial charge on any atom is 0.244 e. The lowest BCUT2D eigenvalue weighted by Crippen LogP contribution is -2.53. The van der Waals surface area contributed by atoms with E-state index in [1.54, 1.807) is 33.9 Å². The standard InChI is InChI=1S/C24H28Cl2N4O3S/c25-20-8-3-9-21(26)23(20)34(32,33)28-22(11-14-29-12-4-7-19(29)15-27)24(31)30-13-10-17-5-1-2-6-18(17)16-30/h3-4,7-9,12,17-18,22,28H,1-2,5-6,10-11,13-14,16H2/t17-,18-,22?/m1/s1. The van der Waals surface area contributed by atoms with Crippen LogP contribution in [-0.2, 0) is 21.4 Å². The molecule has 1 N–H and O–H groups in total. The zero-order valence-corrected chi connectivity index (χ0v) is 21.1. The van der Waals surface area contributed by atoms with Crippen LogP contribution in [0.15, 0.2) is 41.4 Å². The number of nitrogens with zero attached hydrogens (tertiary/aromatic N) is 3. The number of rotatable bonds is 7. The number of aromatic nitrogens is 1. The summed E-state index contributed by atoms with van der Waals surface area (Å²) in [5.74, 6) is 0.866. The first-order chi connectivity index (χ1) is 16.3. The lowest BCUT2D eigenvalue weighted by molar-refractivity contribution is -0.136. The number of aryl methyl sites for hydroxylation is 1. The fraction of sp³-hybridized carbons (Fsp3) is 0.500. The third kappa shape index (κ3) is 5.44. The molecular formula is C24H28Cl2N4O3S. The average molecular weight is 523 g/mol. The number of hydrogen-bond donors (Lipinski definition) is 1. The lowest BCUT2D eigenvalue weighted by atomic mass is 9.75. The molecule has 1 aromatic carbocycles. The van der Waals surface area contributed by atoms with Crippen LogP contribution in [0.25, 0.3) is 0 Å². The summed E-state index contributed by atoms with van der Waals surface area (Å²) >= 11 is 12.3. The zero-order valence-electron chi connectivity index (χ0n) is 18.8. The van der Waals surface area contributed by atoms with E-state index >= 15 is 0 Å². The molecule has 2 fully saturated rings. The minimum absolute atomic E-state index is 0.00797. The van der Waals surface area contributed by atoms with Gasteiger partial charge in [0.15, 0.2) is 0 Å². The number of carbonyl (C=O) groups excluding carboxylic acids is 1. The van der Waals surface area contributed by atoms with E-state index in [1.165, 1.54) is 31.4 Å². The van der Waals surface area contributed by atoms with E-state index in [-0.39, 0.29) is 27.3 Å². The van der Waals surface area contributed by atoms with Gasteiger partial charge in [-0.15, -0.1) is 0 Å². The molecule has 2 aliphatic rings. The van der Waals surface area contributed by atoms with Crippen molar-refractivity contribution in [3.05, 3.63) is 52.3 Å². The first-order valence-electron chi connectivity index (χ1n) is 11.6. The molecule has 0 spiro atoms.